The first kappa shape index (κ1) is 12.0. The monoisotopic (exact) mass is 199 g/mol. The average molecular weight is 199 g/mol. The number of aliphatic hydroxyl groups excluding tert-OH is 1. The highest BCUT2D eigenvalue weighted by Gasteiger charge is 2.23. The molecule has 1 fully saturated rings. The molecule has 1 aliphatic carbocycles. The van der Waals surface area contributed by atoms with Crippen molar-refractivity contribution in [3.8, 4) is 0 Å². The second-order valence-electron chi connectivity index (χ2n) is 4.95. The topological polar surface area (TPSA) is 32.3 Å². The van der Waals surface area contributed by atoms with Gasteiger partial charge >= 0.3 is 0 Å². The van der Waals surface area contributed by atoms with Crippen molar-refractivity contribution in [3.05, 3.63) is 0 Å². The molecule has 0 heterocycles. The SMILES string of the molecule is CC(C)CCCCN[C@H]1CCC[C@@H]1O. The van der Waals surface area contributed by atoms with Gasteiger partial charge in [0.05, 0.1) is 6.10 Å². The smallest absolute Gasteiger partial charge is 0.0693 e. The molecule has 1 rings (SSSR count). The Balaban J connectivity index is 1.93. The van der Waals surface area contributed by atoms with E-state index in [9.17, 15) is 5.11 Å². The highest BCUT2D eigenvalue weighted by molar-refractivity contribution is 4.82. The fourth-order valence-electron chi connectivity index (χ4n) is 2.14. The summed E-state index contributed by atoms with van der Waals surface area (Å²) in [4.78, 5) is 0. The fraction of sp³-hybridized carbons (Fsp3) is 1.00. The van der Waals surface area contributed by atoms with E-state index in [-0.39, 0.29) is 6.10 Å². The molecule has 0 aliphatic heterocycles. The van der Waals surface area contributed by atoms with E-state index in [4.69, 9.17) is 0 Å². The number of hydrogen-bond donors (Lipinski definition) is 2. The lowest BCUT2D eigenvalue weighted by molar-refractivity contribution is 0.149. The van der Waals surface area contributed by atoms with Crippen LogP contribution in [0.25, 0.3) is 0 Å². The molecule has 0 unspecified atom stereocenters. The number of nitrogens with one attached hydrogen (secondary N) is 1. The van der Waals surface area contributed by atoms with Crippen LogP contribution in [0.1, 0.15) is 52.4 Å². The predicted octanol–water partition coefficient (Wildman–Crippen LogP) is 2.32. The maximum absolute atomic E-state index is 9.57. The summed E-state index contributed by atoms with van der Waals surface area (Å²) in [7, 11) is 0. The van der Waals surface area contributed by atoms with Crippen LogP contribution in [0.3, 0.4) is 0 Å². The Hall–Kier alpha value is -0.0800. The predicted molar refractivity (Wildman–Crippen MR) is 60.3 cm³/mol. The number of hydrogen-bond acceptors (Lipinski definition) is 2. The highest BCUT2D eigenvalue weighted by Crippen LogP contribution is 2.18. The molecular formula is C12H25NO. The molecule has 0 spiro atoms. The number of unbranched alkanes of at least 4 members (excludes halogenated alkanes) is 1. The third-order valence-electron chi connectivity index (χ3n) is 3.09. The molecule has 2 atom stereocenters. The molecule has 1 saturated carbocycles. The minimum Gasteiger partial charge on any atom is -0.392 e. The lowest BCUT2D eigenvalue weighted by Gasteiger charge is -2.16. The van der Waals surface area contributed by atoms with Gasteiger partial charge < -0.3 is 10.4 Å². The molecule has 14 heavy (non-hydrogen) atoms. The summed E-state index contributed by atoms with van der Waals surface area (Å²) < 4.78 is 0. The van der Waals surface area contributed by atoms with Crippen LogP contribution in [-0.2, 0) is 0 Å². The summed E-state index contributed by atoms with van der Waals surface area (Å²) in [5.74, 6) is 0.826. The van der Waals surface area contributed by atoms with Gasteiger partial charge in [0, 0.05) is 6.04 Å². The lowest BCUT2D eigenvalue weighted by Crippen LogP contribution is -2.36. The Morgan fingerprint density at radius 2 is 2.07 bits per heavy atom. The Labute approximate surface area is 88.1 Å². The zero-order chi connectivity index (χ0) is 10.4. The molecule has 0 amide bonds. The van der Waals surface area contributed by atoms with Gasteiger partial charge in [-0.3, -0.25) is 0 Å². The largest absolute Gasteiger partial charge is 0.392 e. The van der Waals surface area contributed by atoms with Crippen LogP contribution in [0.5, 0.6) is 0 Å². The van der Waals surface area contributed by atoms with Crippen molar-refractivity contribution in [1.82, 2.24) is 5.32 Å². The first-order valence-corrected chi connectivity index (χ1v) is 6.11. The van der Waals surface area contributed by atoms with Crippen LogP contribution in [-0.4, -0.2) is 23.8 Å². The highest BCUT2D eigenvalue weighted by atomic mass is 16.3. The minimum atomic E-state index is -0.0832. The van der Waals surface area contributed by atoms with Crippen LogP contribution >= 0.6 is 0 Å². The molecule has 2 nitrogen and oxygen atoms in total. The Bertz CT molecular complexity index is 147. The van der Waals surface area contributed by atoms with E-state index in [0.717, 1.165) is 25.3 Å². The van der Waals surface area contributed by atoms with Crippen LogP contribution in [0.15, 0.2) is 0 Å². The molecule has 0 aromatic carbocycles. The molecule has 1 aliphatic rings. The summed E-state index contributed by atoms with van der Waals surface area (Å²) in [6.07, 6.45) is 7.14. The third-order valence-corrected chi connectivity index (χ3v) is 3.09. The molecule has 0 radical (unpaired) electrons. The van der Waals surface area contributed by atoms with Gasteiger partial charge in [0.1, 0.15) is 0 Å². The molecule has 2 N–H and O–H groups in total. The molecule has 0 aromatic rings. The van der Waals surface area contributed by atoms with E-state index in [1.165, 1.54) is 25.7 Å². The average Bonchev–Trinajstić information content (AvgIpc) is 2.51. The summed E-state index contributed by atoms with van der Waals surface area (Å²) >= 11 is 0. The standard InChI is InChI=1S/C12H25NO/c1-10(2)6-3-4-9-13-11-7-5-8-12(11)14/h10-14H,3-9H2,1-2H3/t11-,12-/m0/s1. The van der Waals surface area contributed by atoms with Gasteiger partial charge in [0.25, 0.3) is 0 Å². The van der Waals surface area contributed by atoms with Gasteiger partial charge in [-0.05, 0) is 38.1 Å². The van der Waals surface area contributed by atoms with Crippen molar-refractivity contribution < 1.29 is 5.11 Å². The number of rotatable bonds is 6. The first-order chi connectivity index (χ1) is 6.70. The van der Waals surface area contributed by atoms with Crippen LogP contribution < -0.4 is 5.32 Å². The van der Waals surface area contributed by atoms with E-state index in [1.807, 2.05) is 0 Å². The van der Waals surface area contributed by atoms with E-state index in [2.05, 4.69) is 19.2 Å². The van der Waals surface area contributed by atoms with Crippen molar-refractivity contribution >= 4 is 0 Å². The minimum absolute atomic E-state index is 0.0832. The van der Waals surface area contributed by atoms with E-state index in [1.54, 1.807) is 0 Å². The van der Waals surface area contributed by atoms with E-state index < -0.39 is 0 Å². The molecular weight excluding hydrogens is 174 g/mol. The summed E-state index contributed by atoms with van der Waals surface area (Å²) in [6.45, 7) is 5.62. The van der Waals surface area contributed by atoms with Crippen molar-refractivity contribution in [2.45, 2.75) is 64.5 Å². The van der Waals surface area contributed by atoms with Crippen molar-refractivity contribution in [2.24, 2.45) is 5.92 Å². The van der Waals surface area contributed by atoms with Crippen LogP contribution in [0.4, 0.5) is 0 Å². The fourth-order valence-corrected chi connectivity index (χ4v) is 2.14. The second-order valence-corrected chi connectivity index (χ2v) is 4.95. The lowest BCUT2D eigenvalue weighted by atomic mass is 10.1. The molecule has 84 valence electrons. The summed E-state index contributed by atoms with van der Waals surface area (Å²) in [6, 6.07) is 0.383. The van der Waals surface area contributed by atoms with Gasteiger partial charge in [-0.2, -0.15) is 0 Å². The van der Waals surface area contributed by atoms with Crippen molar-refractivity contribution in [3.63, 3.8) is 0 Å². The van der Waals surface area contributed by atoms with Gasteiger partial charge in [-0.1, -0.05) is 26.7 Å². The van der Waals surface area contributed by atoms with Crippen LogP contribution in [0, 0.1) is 5.92 Å². The zero-order valence-corrected chi connectivity index (χ0v) is 9.63. The Morgan fingerprint density at radius 3 is 2.64 bits per heavy atom. The third kappa shape index (κ3) is 4.43. The van der Waals surface area contributed by atoms with Gasteiger partial charge in [-0.25, -0.2) is 0 Å². The number of aliphatic hydroxyl groups is 1. The van der Waals surface area contributed by atoms with E-state index in [0.29, 0.717) is 6.04 Å². The quantitative estimate of drug-likeness (QED) is 0.643. The van der Waals surface area contributed by atoms with Crippen molar-refractivity contribution in [2.75, 3.05) is 6.54 Å². The van der Waals surface area contributed by atoms with Gasteiger partial charge in [0.2, 0.25) is 0 Å². The Morgan fingerprint density at radius 1 is 1.29 bits per heavy atom. The molecule has 0 aromatic heterocycles. The summed E-state index contributed by atoms with van der Waals surface area (Å²) in [5.41, 5.74) is 0. The first-order valence-electron chi connectivity index (χ1n) is 6.11. The molecule has 0 bridgehead atoms. The van der Waals surface area contributed by atoms with E-state index >= 15 is 0 Å². The van der Waals surface area contributed by atoms with Gasteiger partial charge in [-0.15, -0.1) is 0 Å². The zero-order valence-electron chi connectivity index (χ0n) is 9.63. The summed E-state index contributed by atoms with van der Waals surface area (Å²) in [5, 5.41) is 13.0. The maximum atomic E-state index is 9.57. The van der Waals surface area contributed by atoms with Crippen molar-refractivity contribution in [1.29, 1.82) is 0 Å². The second kappa shape index (κ2) is 6.41. The molecule has 0 saturated heterocycles. The maximum Gasteiger partial charge on any atom is 0.0693 e. The van der Waals surface area contributed by atoms with Crippen LogP contribution in [0.2, 0.25) is 0 Å². The normalized spacial score (nSPS) is 27.4. The molecule has 2 heteroatoms. The Kier molecular flexibility index (Phi) is 5.49. The van der Waals surface area contributed by atoms with Gasteiger partial charge in [0.15, 0.2) is 0 Å².